The van der Waals surface area contributed by atoms with E-state index in [0.717, 1.165) is 0 Å². The van der Waals surface area contributed by atoms with Crippen LogP contribution in [0.3, 0.4) is 0 Å². The Morgan fingerprint density at radius 1 is 1.65 bits per heavy atom. The van der Waals surface area contributed by atoms with Crippen LogP contribution in [0.2, 0.25) is 5.28 Å². The van der Waals surface area contributed by atoms with Gasteiger partial charge in [0.05, 0.1) is 12.7 Å². The van der Waals surface area contributed by atoms with Gasteiger partial charge in [-0.05, 0) is 11.6 Å². The summed E-state index contributed by atoms with van der Waals surface area (Å²) in [7, 11) is 1.63. The van der Waals surface area contributed by atoms with E-state index in [-0.39, 0.29) is 11.9 Å². The molecule has 0 radical (unpaired) electrons. The van der Waals surface area contributed by atoms with Crippen molar-refractivity contribution in [1.82, 2.24) is 19.5 Å². The first-order valence-electron chi connectivity index (χ1n) is 6.13. The lowest BCUT2D eigenvalue weighted by molar-refractivity contribution is -0.0458. The molecular weight excluding hydrogens is 286 g/mol. The first-order chi connectivity index (χ1) is 9.63. The van der Waals surface area contributed by atoms with Crippen molar-refractivity contribution < 1.29 is 14.9 Å². The van der Waals surface area contributed by atoms with Crippen LogP contribution >= 0.6 is 11.6 Å². The number of hydrogen-bond donors (Lipinski definition) is 3. The fraction of sp³-hybridized carbons (Fsp3) is 0.545. The van der Waals surface area contributed by atoms with Crippen LogP contribution in [0.25, 0.3) is 11.2 Å². The highest BCUT2D eigenvalue weighted by atomic mass is 35.5. The summed E-state index contributed by atoms with van der Waals surface area (Å²) in [5.74, 6) is 0. The van der Waals surface area contributed by atoms with E-state index in [2.05, 4.69) is 19.9 Å². The van der Waals surface area contributed by atoms with Crippen molar-refractivity contribution >= 4 is 22.8 Å². The number of halogens is 1. The number of H-pyrrole nitrogens is 1. The number of hydrogen-bond acceptors (Lipinski definition) is 6. The maximum absolute atomic E-state index is 9.81. The summed E-state index contributed by atoms with van der Waals surface area (Å²) in [4.78, 5) is 15.3. The van der Waals surface area contributed by atoms with Gasteiger partial charge >= 0.3 is 0 Å². The summed E-state index contributed by atoms with van der Waals surface area (Å²) in [6, 6.07) is 0. The number of fused-ring (bicyclic) bond motifs is 1. The Kier molecular flexibility index (Phi) is 3.47. The van der Waals surface area contributed by atoms with Gasteiger partial charge in [-0.15, -0.1) is 0 Å². The zero-order valence-corrected chi connectivity index (χ0v) is 11.4. The zero-order valence-electron chi connectivity index (χ0n) is 10.7. The van der Waals surface area contributed by atoms with Crippen molar-refractivity contribution in [2.75, 3.05) is 13.7 Å². The molecule has 0 aromatic carbocycles. The zero-order chi connectivity index (χ0) is 14.3. The van der Waals surface area contributed by atoms with Gasteiger partial charge in [-0.1, -0.05) is 0 Å². The summed E-state index contributed by atoms with van der Waals surface area (Å²) >= 11 is 5.83. The lowest BCUT2D eigenvalue weighted by Gasteiger charge is -2.15. The summed E-state index contributed by atoms with van der Waals surface area (Å²) in [6.45, 7) is -0.234. The molecule has 2 aromatic heterocycles. The second-order valence-electron chi connectivity index (χ2n) is 4.54. The molecule has 0 bridgehead atoms. The number of aromatic amines is 1. The summed E-state index contributed by atoms with van der Waals surface area (Å²) in [5, 5.41) is 19.2. The molecule has 0 spiro atoms. The number of nitrogens with one attached hydrogen (secondary N) is 1. The topological polar surface area (TPSA) is 109 Å². The van der Waals surface area contributed by atoms with Crippen molar-refractivity contribution in [2.24, 2.45) is 4.99 Å². The first kappa shape index (κ1) is 13.5. The minimum absolute atomic E-state index is 0.232. The molecule has 1 fully saturated rings. The highest BCUT2D eigenvalue weighted by Crippen LogP contribution is 2.27. The van der Waals surface area contributed by atoms with E-state index >= 15 is 0 Å². The van der Waals surface area contributed by atoms with Gasteiger partial charge in [-0.25, -0.2) is 4.98 Å². The van der Waals surface area contributed by atoms with E-state index in [0.29, 0.717) is 23.1 Å². The van der Waals surface area contributed by atoms with Crippen LogP contribution < -0.4 is 5.49 Å². The molecule has 0 amide bonds. The van der Waals surface area contributed by atoms with Gasteiger partial charge in [0.25, 0.3) is 0 Å². The van der Waals surface area contributed by atoms with Crippen molar-refractivity contribution in [3.63, 3.8) is 0 Å². The smallest absolute Gasteiger partial charge is 0.202 e. The SMILES string of the molecule is CN=c1c2[nH]c(Cl)nc2ncn1C1C[C@H](O)[C@@H](CO)O1. The van der Waals surface area contributed by atoms with Crippen molar-refractivity contribution in [1.29, 1.82) is 0 Å². The Morgan fingerprint density at radius 3 is 3.10 bits per heavy atom. The minimum atomic E-state index is -0.719. The maximum Gasteiger partial charge on any atom is 0.202 e. The van der Waals surface area contributed by atoms with Gasteiger partial charge in [0.1, 0.15) is 24.2 Å². The molecule has 108 valence electrons. The molecule has 1 saturated heterocycles. The van der Waals surface area contributed by atoms with E-state index in [1.54, 1.807) is 17.9 Å². The molecule has 1 aliphatic heterocycles. The second-order valence-corrected chi connectivity index (χ2v) is 4.90. The number of ether oxygens (including phenoxy) is 1. The first-order valence-corrected chi connectivity index (χ1v) is 6.51. The molecule has 20 heavy (non-hydrogen) atoms. The lowest BCUT2D eigenvalue weighted by Crippen LogP contribution is -2.27. The molecule has 3 rings (SSSR count). The molecule has 9 heteroatoms. The monoisotopic (exact) mass is 299 g/mol. The summed E-state index contributed by atoms with van der Waals surface area (Å²) in [6.07, 6.45) is 0.133. The molecule has 0 saturated carbocycles. The molecule has 3 heterocycles. The third-order valence-electron chi connectivity index (χ3n) is 3.33. The van der Waals surface area contributed by atoms with Crippen molar-refractivity contribution in [2.45, 2.75) is 24.9 Å². The van der Waals surface area contributed by atoms with Gasteiger partial charge in [0, 0.05) is 13.5 Å². The van der Waals surface area contributed by atoms with Crippen LogP contribution in [0.4, 0.5) is 0 Å². The van der Waals surface area contributed by atoms with Gasteiger partial charge in [0.15, 0.2) is 11.1 Å². The third-order valence-corrected chi connectivity index (χ3v) is 3.51. The normalized spacial score (nSPS) is 27.6. The maximum atomic E-state index is 9.81. The number of nitrogens with zero attached hydrogens (tertiary/aromatic N) is 4. The fourth-order valence-electron chi connectivity index (χ4n) is 2.37. The number of rotatable bonds is 2. The lowest BCUT2D eigenvalue weighted by atomic mass is 10.2. The quantitative estimate of drug-likeness (QED) is 0.653. The third kappa shape index (κ3) is 2.10. The number of aliphatic hydroxyl groups excluding tert-OH is 2. The Labute approximate surface area is 118 Å². The molecule has 1 aliphatic rings. The number of aromatic nitrogens is 4. The van der Waals surface area contributed by atoms with Crippen LogP contribution in [0.1, 0.15) is 12.6 Å². The van der Waals surface area contributed by atoms with E-state index in [1.165, 1.54) is 0 Å². The molecule has 1 unspecified atom stereocenters. The van der Waals surface area contributed by atoms with Crippen LogP contribution in [0.5, 0.6) is 0 Å². The van der Waals surface area contributed by atoms with Gasteiger partial charge in [-0.3, -0.25) is 9.56 Å². The predicted octanol–water partition coefficient (Wildman–Crippen LogP) is -0.416. The van der Waals surface area contributed by atoms with Crippen molar-refractivity contribution in [3.8, 4) is 0 Å². The average Bonchev–Trinajstić information content (AvgIpc) is 2.99. The second kappa shape index (κ2) is 5.13. The Balaban J connectivity index is 2.09. The van der Waals surface area contributed by atoms with Crippen LogP contribution in [0.15, 0.2) is 11.3 Å². The van der Waals surface area contributed by atoms with Gasteiger partial charge in [0.2, 0.25) is 5.28 Å². The predicted molar refractivity (Wildman–Crippen MR) is 70.0 cm³/mol. The Hall–Kier alpha value is -1.48. The van der Waals surface area contributed by atoms with E-state index in [4.69, 9.17) is 21.4 Å². The Bertz CT molecular complexity index is 697. The van der Waals surface area contributed by atoms with Crippen molar-refractivity contribution in [3.05, 3.63) is 17.1 Å². The van der Waals surface area contributed by atoms with Gasteiger partial charge in [-0.2, -0.15) is 4.98 Å². The van der Waals surface area contributed by atoms with E-state index in [9.17, 15) is 5.11 Å². The van der Waals surface area contributed by atoms with Crippen LogP contribution in [-0.2, 0) is 4.74 Å². The molecule has 8 nitrogen and oxygen atoms in total. The number of aliphatic hydroxyl groups is 2. The molecule has 2 aromatic rings. The van der Waals surface area contributed by atoms with Crippen LogP contribution in [0, 0.1) is 0 Å². The molecule has 3 atom stereocenters. The highest BCUT2D eigenvalue weighted by Gasteiger charge is 2.34. The summed E-state index contributed by atoms with van der Waals surface area (Å²) in [5.41, 5.74) is 1.64. The number of imidazole rings is 1. The summed E-state index contributed by atoms with van der Waals surface area (Å²) < 4.78 is 7.29. The average molecular weight is 300 g/mol. The molecule has 3 N–H and O–H groups in total. The van der Waals surface area contributed by atoms with E-state index in [1.807, 2.05) is 0 Å². The minimum Gasteiger partial charge on any atom is -0.394 e. The highest BCUT2D eigenvalue weighted by molar-refractivity contribution is 6.28. The molecular formula is C11H14ClN5O3. The van der Waals surface area contributed by atoms with Gasteiger partial charge < -0.3 is 19.9 Å². The van der Waals surface area contributed by atoms with Crippen LogP contribution in [-0.4, -0.2) is 55.6 Å². The standard InChI is InChI=1S/C11H14ClN5O3/c1-13-10-8-9(16-11(12)15-8)14-4-17(10)7-2-5(19)6(3-18)20-7/h4-7,18-19H,2-3H2,1H3,(H,15,16)/t5-,6+,7?/m0/s1. The largest absolute Gasteiger partial charge is 0.394 e. The van der Waals surface area contributed by atoms with E-state index < -0.39 is 18.4 Å². The molecule has 0 aliphatic carbocycles. The fourth-order valence-corrected chi connectivity index (χ4v) is 2.55. The Morgan fingerprint density at radius 2 is 2.45 bits per heavy atom.